The molecule has 0 aromatic heterocycles. The summed E-state index contributed by atoms with van der Waals surface area (Å²) in [6.45, 7) is 5.06. The maximum atomic E-state index is 8.67. The van der Waals surface area contributed by atoms with Gasteiger partial charge in [-0.15, -0.1) is 0 Å². The van der Waals surface area contributed by atoms with Gasteiger partial charge >= 0.3 is 0 Å². The van der Waals surface area contributed by atoms with Crippen molar-refractivity contribution in [2.75, 3.05) is 66.1 Å². The second-order valence-electron chi connectivity index (χ2n) is 4.00. The fourth-order valence-electron chi connectivity index (χ4n) is 1.31. The molecule has 132 valence electrons. The van der Waals surface area contributed by atoms with E-state index >= 15 is 0 Å². The number of hydrogen-bond donors (Lipinski definition) is 3. The Morgan fingerprint density at radius 2 is 1.41 bits per heavy atom. The lowest BCUT2D eigenvalue weighted by molar-refractivity contribution is -0.249. The zero-order chi connectivity index (χ0) is 16.5. The average molecular weight is 326 g/mol. The van der Waals surface area contributed by atoms with Crippen molar-refractivity contribution in [3.63, 3.8) is 0 Å². The monoisotopic (exact) mass is 326 g/mol. The summed E-state index contributed by atoms with van der Waals surface area (Å²) in [4.78, 5) is 3.84. The van der Waals surface area contributed by atoms with Crippen molar-refractivity contribution in [1.29, 1.82) is 0 Å². The predicted octanol–water partition coefficient (Wildman–Crippen LogP) is -0.617. The highest BCUT2D eigenvalue weighted by atomic mass is 17.1. The average Bonchev–Trinajstić information content (AvgIpc) is 2.51. The van der Waals surface area contributed by atoms with Crippen molar-refractivity contribution in [2.45, 2.75) is 6.10 Å². The van der Waals surface area contributed by atoms with E-state index in [1.54, 1.807) is 0 Å². The molecule has 0 saturated carbocycles. The molecule has 22 heavy (non-hydrogen) atoms. The largest absolute Gasteiger partial charge is 0.463 e. The van der Waals surface area contributed by atoms with Crippen molar-refractivity contribution in [3.05, 3.63) is 12.5 Å². The normalized spacial score (nSPS) is 10.9. The third-order valence-electron chi connectivity index (χ3n) is 2.19. The number of aliphatic hydroxyl groups is 2. The van der Waals surface area contributed by atoms with Gasteiger partial charge in [-0.1, -0.05) is 0 Å². The van der Waals surface area contributed by atoms with Crippen LogP contribution in [0.2, 0.25) is 0 Å². The molecule has 0 saturated heterocycles. The van der Waals surface area contributed by atoms with Crippen molar-refractivity contribution >= 4 is 0 Å². The maximum Gasteiger partial charge on any atom is 0.272 e. The van der Waals surface area contributed by atoms with Crippen LogP contribution in [0.3, 0.4) is 0 Å². The van der Waals surface area contributed by atoms with Gasteiger partial charge in [0.25, 0.3) is 5.95 Å². The molecule has 0 aliphatic carbocycles. The van der Waals surface area contributed by atoms with E-state index in [9.17, 15) is 0 Å². The Hall–Kier alpha value is -0.940. The Labute approximate surface area is 129 Å². The summed E-state index contributed by atoms with van der Waals surface area (Å²) in [6.07, 6.45) is -0.464. The smallest absolute Gasteiger partial charge is 0.272 e. The lowest BCUT2D eigenvalue weighted by Gasteiger charge is -2.20. The minimum atomic E-state index is -0.464. The highest BCUT2D eigenvalue weighted by molar-refractivity contribution is 4.72. The molecular weight excluding hydrogens is 300 g/mol. The third-order valence-corrected chi connectivity index (χ3v) is 2.19. The Kier molecular flexibility index (Phi) is 15.7. The summed E-state index contributed by atoms with van der Waals surface area (Å²) >= 11 is 0. The van der Waals surface area contributed by atoms with Crippen LogP contribution in [0, 0.1) is 0 Å². The van der Waals surface area contributed by atoms with Crippen molar-refractivity contribution in [1.82, 2.24) is 0 Å². The van der Waals surface area contributed by atoms with Crippen molar-refractivity contribution in [3.8, 4) is 0 Å². The van der Waals surface area contributed by atoms with Crippen LogP contribution in [-0.4, -0.2) is 87.6 Å². The van der Waals surface area contributed by atoms with Crippen LogP contribution in [0.25, 0.3) is 0 Å². The molecule has 0 amide bonds. The van der Waals surface area contributed by atoms with Crippen LogP contribution in [0.5, 0.6) is 0 Å². The summed E-state index contributed by atoms with van der Waals surface area (Å²) in [6, 6.07) is 0. The highest BCUT2D eigenvalue weighted by Crippen LogP contribution is 2.04. The van der Waals surface area contributed by atoms with Gasteiger partial charge < -0.3 is 33.9 Å². The molecular formula is C13H26O9. The van der Waals surface area contributed by atoms with Crippen LogP contribution in [-0.2, 0) is 28.6 Å². The molecule has 0 aliphatic heterocycles. The molecule has 0 aromatic carbocycles. The molecule has 0 aromatic rings. The SMILES string of the molecule is C=C(OCCOCCOO)OC(COCCO)COCCO. The van der Waals surface area contributed by atoms with Crippen molar-refractivity contribution < 1.29 is 44.0 Å². The lowest BCUT2D eigenvalue weighted by Crippen LogP contribution is -2.27. The number of aliphatic hydroxyl groups excluding tert-OH is 2. The molecule has 0 aliphatic rings. The summed E-state index contributed by atoms with van der Waals surface area (Å²) in [5.74, 6) is 0.0900. The van der Waals surface area contributed by atoms with Gasteiger partial charge in [0.1, 0.15) is 19.3 Å². The van der Waals surface area contributed by atoms with E-state index < -0.39 is 6.10 Å². The second kappa shape index (κ2) is 16.4. The lowest BCUT2D eigenvalue weighted by atomic mass is 10.4. The molecule has 0 radical (unpaired) electrons. The predicted molar refractivity (Wildman–Crippen MR) is 75.2 cm³/mol. The molecule has 9 heteroatoms. The first-order valence-electron chi connectivity index (χ1n) is 6.94. The minimum Gasteiger partial charge on any atom is -0.463 e. The molecule has 0 bridgehead atoms. The standard InChI is InChI=1S/C13H26O9/c1-12(20-8-6-17-7-9-21-16)22-13(10-18-4-2-14)11-19-5-3-15/h13-16H,1-11H2. The molecule has 0 unspecified atom stereocenters. The minimum absolute atomic E-state index is 0.0867. The van der Waals surface area contributed by atoms with E-state index in [1.807, 2.05) is 0 Å². The van der Waals surface area contributed by atoms with Crippen LogP contribution in [0.4, 0.5) is 0 Å². The highest BCUT2D eigenvalue weighted by Gasteiger charge is 2.13. The fourth-order valence-corrected chi connectivity index (χ4v) is 1.31. The molecule has 0 fully saturated rings. The summed E-state index contributed by atoms with van der Waals surface area (Å²) in [7, 11) is 0. The molecule has 3 N–H and O–H groups in total. The van der Waals surface area contributed by atoms with Crippen LogP contribution in [0.15, 0.2) is 12.5 Å². The summed E-state index contributed by atoms with van der Waals surface area (Å²) < 4.78 is 26.0. The first-order valence-corrected chi connectivity index (χ1v) is 6.94. The Bertz CT molecular complexity index is 240. The number of ether oxygens (including phenoxy) is 5. The van der Waals surface area contributed by atoms with Crippen LogP contribution in [0.1, 0.15) is 0 Å². The second-order valence-corrected chi connectivity index (χ2v) is 4.00. The number of hydrogen-bond acceptors (Lipinski definition) is 9. The molecule has 0 heterocycles. The van der Waals surface area contributed by atoms with Gasteiger partial charge in [-0.05, 0) is 6.58 Å². The third kappa shape index (κ3) is 14.0. The fraction of sp³-hybridized carbons (Fsp3) is 0.846. The maximum absolute atomic E-state index is 8.67. The van der Waals surface area contributed by atoms with Gasteiger partial charge in [0.15, 0.2) is 0 Å². The Morgan fingerprint density at radius 1 is 0.818 bits per heavy atom. The van der Waals surface area contributed by atoms with Crippen LogP contribution >= 0.6 is 0 Å². The quantitative estimate of drug-likeness (QED) is 0.139. The van der Waals surface area contributed by atoms with E-state index in [0.717, 1.165) is 0 Å². The van der Waals surface area contributed by atoms with E-state index in [0.29, 0.717) is 6.61 Å². The van der Waals surface area contributed by atoms with Gasteiger partial charge in [-0.3, -0.25) is 5.26 Å². The van der Waals surface area contributed by atoms with Gasteiger partial charge in [0.05, 0.1) is 52.9 Å². The zero-order valence-corrected chi connectivity index (χ0v) is 12.6. The summed E-state index contributed by atoms with van der Waals surface area (Å²) in [5, 5.41) is 25.4. The van der Waals surface area contributed by atoms with E-state index in [2.05, 4.69) is 11.5 Å². The first kappa shape index (κ1) is 21.1. The molecule has 0 rings (SSSR count). The van der Waals surface area contributed by atoms with Crippen molar-refractivity contribution in [2.24, 2.45) is 0 Å². The topological polar surface area (TPSA) is 116 Å². The molecule has 0 atom stereocenters. The Morgan fingerprint density at radius 3 is 1.95 bits per heavy atom. The van der Waals surface area contributed by atoms with Crippen LogP contribution < -0.4 is 0 Å². The van der Waals surface area contributed by atoms with Gasteiger partial charge in [-0.25, -0.2) is 4.89 Å². The van der Waals surface area contributed by atoms with Gasteiger partial charge in [0, 0.05) is 0 Å². The molecule has 0 spiro atoms. The van der Waals surface area contributed by atoms with Gasteiger partial charge in [-0.2, -0.15) is 0 Å². The zero-order valence-electron chi connectivity index (χ0n) is 12.6. The van der Waals surface area contributed by atoms with E-state index in [-0.39, 0.29) is 65.4 Å². The number of rotatable bonds is 17. The van der Waals surface area contributed by atoms with E-state index in [4.69, 9.17) is 39.2 Å². The summed E-state index contributed by atoms with van der Waals surface area (Å²) in [5.41, 5.74) is 0. The van der Waals surface area contributed by atoms with E-state index in [1.165, 1.54) is 0 Å². The molecule has 9 nitrogen and oxygen atoms in total. The first-order chi connectivity index (χ1) is 10.7. The van der Waals surface area contributed by atoms with Gasteiger partial charge in [0.2, 0.25) is 0 Å². The Balaban J connectivity index is 3.81.